The van der Waals surface area contributed by atoms with E-state index < -0.39 is 6.10 Å². The molecule has 2 N–H and O–H groups in total. The SMILES string of the molecule is COc1ccc(OC)c([C@@H](O)CN2CCC[C@@H](c3nc4ccccc4[nH]3)C2)c1. The molecule has 6 heteroatoms. The fourth-order valence-corrected chi connectivity index (χ4v) is 4.05. The van der Waals surface area contributed by atoms with Crippen molar-refractivity contribution in [2.45, 2.75) is 24.9 Å². The Morgan fingerprint density at radius 2 is 2.07 bits per heavy atom. The van der Waals surface area contributed by atoms with Gasteiger partial charge in [0.1, 0.15) is 17.3 Å². The fourth-order valence-electron chi connectivity index (χ4n) is 4.05. The Balaban J connectivity index is 1.47. The van der Waals surface area contributed by atoms with Gasteiger partial charge in [0.25, 0.3) is 0 Å². The largest absolute Gasteiger partial charge is 0.497 e. The molecule has 3 aromatic rings. The molecule has 2 atom stereocenters. The molecule has 1 aliphatic rings. The highest BCUT2D eigenvalue weighted by molar-refractivity contribution is 5.74. The van der Waals surface area contributed by atoms with E-state index in [0.717, 1.165) is 48.4 Å². The second-order valence-corrected chi connectivity index (χ2v) is 7.36. The summed E-state index contributed by atoms with van der Waals surface area (Å²) in [5.41, 5.74) is 2.85. The number of aliphatic hydroxyl groups is 1. The first-order valence-corrected chi connectivity index (χ1v) is 9.75. The second-order valence-electron chi connectivity index (χ2n) is 7.36. The van der Waals surface area contributed by atoms with Gasteiger partial charge in [0, 0.05) is 24.6 Å². The average Bonchev–Trinajstić information content (AvgIpc) is 3.18. The van der Waals surface area contributed by atoms with Crippen LogP contribution in [0.5, 0.6) is 11.5 Å². The van der Waals surface area contributed by atoms with E-state index in [1.54, 1.807) is 14.2 Å². The minimum absolute atomic E-state index is 0.348. The summed E-state index contributed by atoms with van der Waals surface area (Å²) in [4.78, 5) is 10.6. The Labute approximate surface area is 165 Å². The maximum atomic E-state index is 10.9. The average molecular weight is 381 g/mol. The lowest BCUT2D eigenvalue weighted by Gasteiger charge is -2.33. The van der Waals surface area contributed by atoms with Gasteiger partial charge in [-0.3, -0.25) is 4.90 Å². The zero-order valence-corrected chi connectivity index (χ0v) is 16.4. The number of methoxy groups -OCH3 is 2. The van der Waals surface area contributed by atoms with Crippen molar-refractivity contribution in [3.8, 4) is 11.5 Å². The molecule has 1 aromatic heterocycles. The van der Waals surface area contributed by atoms with Crippen molar-refractivity contribution < 1.29 is 14.6 Å². The molecule has 148 valence electrons. The number of aliphatic hydroxyl groups excluding tert-OH is 1. The molecule has 1 saturated heterocycles. The van der Waals surface area contributed by atoms with Gasteiger partial charge in [0.05, 0.1) is 31.4 Å². The molecule has 0 aliphatic carbocycles. The van der Waals surface area contributed by atoms with Gasteiger partial charge in [0.2, 0.25) is 0 Å². The fraction of sp³-hybridized carbons (Fsp3) is 0.409. The summed E-state index contributed by atoms with van der Waals surface area (Å²) in [5, 5.41) is 10.9. The van der Waals surface area contributed by atoms with Crippen LogP contribution >= 0.6 is 0 Å². The van der Waals surface area contributed by atoms with E-state index in [0.29, 0.717) is 24.0 Å². The highest BCUT2D eigenvalue weighted by Gasteiger charge is 2.26. The molecular formula is C22H27N3O3. The predicted octanol–water partition coefficient (Wildman–Crippen LogP) is 3.49. The van der Waals surface area contributed by atoms with Gasteiger partial charge in [-0.05, 0) is 49.7 Å². The summed E-state index contributed by atoms with van der Waals surface area (Å²) in [6.45, 7) is 2.41. The number of ether oxygens (including phenoxy) is 2. The van der Waals surface area contributed by atoms with Crippen LogP contribution in [0.1, 0.15) is 36.3 Å². The number of hydrogen-bond acceptors (Lipinski definition) is 5. The molecular weight excluding hydrogens is 354 g/mol. The number of piperidine rings is 1. The maximum absolute atomic E-state index is 10.9. The minimum Gasteiger partial charge on any atom is -0.497 e. The molecule has 1 fully saturated rings. The van der Waals surface area contributed by atoms with Gasteiger partial charge in [-0.2, -0.15) is 0 Å². The number of likely N-dealkylation sites (tertiary alicyclic amines) is 1. The van der Waals surface area contributed by atoms with Crippen LogP contribution in [-0.2, 0) is 0 Å². The topological polar surface area (TPSA) is 70.6 Å². The van der Waals surface area contributed by atoms with Gasteiger partial charge < -0.3 is 19.6 Å². The van der Waals surface area contributed by atoms with Crippen molar-refractivity contribution in [3.63, 3.8) is 0 Å². The standard InChI is InChI=1S/C22H27N3O3/c1-27-16-9-10-21(28-2)17(12-16)20(26)14-25-11-5-6-15(13-25)22-23-18-7-3-4-8-19(18)24-22/h3-4,7-10,12,15,20,26H,5-6,11,13-14H2,1-2H3,(H,23,24)/t15-,20+/m1/s1. The molecule has 0 spiro atoms. The monoisotopic (exact) mass is 381 g/mol. The van der Waals surface area contributed by atoms with Crippen LogP contribution in [0.25, 0.3) is 11.0 Å². The summed E-state index contributed by atoms with van der Waals surface area (Å²) >= 11 is 0. The lowest BCUT2D eigenvalue weighted by atomic mass is 9.96. The quantitative estimate of drug-likeness (QED) is 0.684. The second kappa shape index (κ2) is 8.20. The molecule has 0 radical (unpaired) electrons. The number of nitrogens with zero attached hydrogens (tertiary/aromatic N) is 2. The Bertz CT molecular complexity index is 907. The van der Waals surface area contributed by atoms with Crippen molar-refractivity contribution in [2.24, 2.45) is 0 Å². The normalized spacial score (nSPS) is 18.9. The molecule has 0 unspecified atom stereocenters. The predicted molar refractivity (Wildman–Crippen MR) is 109 cm³/mol. The summed E-state index contributed by atoms with van der Waals surface area (Å²) in [6.07, 6.45) is 1.55. The molecule has 28 heavy (non-hydrogen) atoms. The third-order valence-electron chi connectivity index (χ3n) is 5.53. The molecule has 6 nitrogen and oxygen atoms in total. The molecule has 0 amide bonds. The number of para-hydroxylation sites is 2. The number of fused-ring (bicyclic) bond motifs is 1. The van der Waals surface area contributed by atoms with Crippen LogP contribution in [0.4, 0.5) is 0 Å². The number of aromatic amines is 1. The summed E-state index contributed by atoms with van der Waals surface area (Å²) in [5.74, 6) is 2.78. The Morgan fingerprint density at radius 3 is 2.86 bits per heavy atom. The smallest absolute Gasteiger partial charge is 0.124 e. The van der Waals surface area contributed by atoms with E-state index >= 15 is 0 Å². The van der Waals surface area contributed by atoms with E-state index in [-0.39, 0.29) is 0 Å². The number of β-amino-alcohol motifs (C(OH)–C–C–N with tert-alkyl or cyclic N) is 1. The van der Waals surface area contributed by atoms with Gasteiger partial charge in [0.15, 0.2) is 0 Å². The molecule has 4 rings (SSSR count). The van der Waals surface area contributed by atoms with Crippen LogP contribution in [-0.4, -0.2) is 53.8 Å². The highest BCUT2D eigenvalue weighted by Crippen LogP contribution is 2.32. The Hall–Kier alpha value is -2.57. The van der Waals surface area contributed by atoms with Gasteiger partial charge >= 0.3 is 0 Å². The summed E-state index contributed by atoms with van der Waals surface area (Å²) in [7, 11) is 3.25. The van der Waals surface area contributed by atoms with Crippen molar-refractivity contribution >= 4 is 11.0 Å². The molecule has 2 aromatic carbocycles. The van der Waals surface area contributed by atoms with Crippen molar-refractivity contribution in [1.29, 1.82) is 0 Å². The number of H-pyrrole nitrogens is 1. The number of hydrogen-bond donors (Lipinski definition) is 2. The van der Waals surface area contributed by atoms with Crippen molar-refractivity contribution in [1.82, 2.24) is 14.9 Å². The Kier molecular flexibility index (Phi) is 5.50. The molecule has 0 bridgehead atoms. The van der Waals surface area contributed by atoms with Crippen LogP contribution < -0.4 is 9.47 Å². The number of benzene rings is 2. The number of aromatic nitrogens is 2. The molecule has 2 heterocycles. The minimum atomic E-state index is -0.639. The Morgan fingerprint density at radius 1 is 1.21 bits per heavy atom. The van der Waals surface area contributed by atoms with E-state index in [1.165, 1.54) is 0 Å². The van der Waals surface area contributed by atoms with E-state index in [9.17, 15) is 5.11 Å². The van der Waals surface area contributed by atoms with Crippen molar-refractivity contribution in [3.05, 3.63) is 53.9 Å². The van der Waals surface area contributed by atoms with Gasteiger partial charge in [-0.15, -0.1) is 0 Å². The molecule has 0 saturated carbocycles. The van der Waals surface area contributed by atoms with Crippen LogP contribution in [0, 0.1) is 0 Å². The number of nitrogens with one attached hydrogen (secondary N) is 1. The third kappa shape index (κ3) is 3.84. The summed E-state index contributed by atoms with van der Waals surface area (Å²) in [6, 6.07) is 13.7. The van der Waals surface area contributed by atoms with E-state index in [1.807, 2.05) is 36.4 Å². The lowest BCUT2D eigenvalue weighted by molar-refractivity contribution is 0.0926. The zero-order valence-electron chi connectivity index (χ0n) is 16.4. The first-order chi connectivity index (χ1) is 13.7. The number of rotatable bonds is 6. The van der Waals surface area contributed by atoms with Crippen LogP contribution in [0.15, 0.2) is 42.5 Å². The van der Waals surface area contributed by atoms with Crippen LogP contribution in [0.3, 0.4) is 0 Å². The maximum Gasteiger partial charge on any atom is 0.124 e. The summed E-state index contributed by atoms with van der Waals surface area (Å²) < 4.78 is 10.7. The lowest BCUT2D eigenvalue weighted by Crippen LogP contribution is -2.37. The van der Waals surface area contributed by atoms with Gasteiger partial charge in [-0.25, -0.2) is 4.98 Å². The van der Waals surface area contributed by atoms with Gasteiger partial charge in [-0.1, -0.05) is 12.1 Å². The first kappa shape index (κ1) is 18.8. The third-order valence-corrected chi connectivity index (χ3v) is 5.53. The van der Waals surface area contributed by atoms with E-state index in [4.69, 9.17) is 14.5 Å². The van der Waals surface area contributed by atoms with Crippen LogP contribution in [0.2, 0.25) is 0 Å². The molecule has 1 aliphatic heterocycles. The number of imidazole rings is 1. The zero-order chi connectivity index (χ0) is 19.5. The van der Waals surface area contributed by atoms with Crippen molar-refractivity contribution in [2.75, 3.05) is 33.9 Å². The highest BCUT2D eigenvalue weighted by atomic mass is 16.5. The first-order valence-electron chi connectivity index (χ1n) is 9.75. The van der Waals surface area contributed by atoms with E-state index in [2.05, 4.69) is 16.0 Å².